The van der Waals surface area contributed by atoms with Gasteiger partial charge < -0.3 is 19.3 Å². The van der Waals surface area contributed by atoms with Gasteiger partial charge >= 0.3 is 11.9 Å². The molecule has 6 nitrogen and oxygen atoms in total. The minimum Gasteiger partial charge on any atom is -0.465 e. The van der Waals surface area contributed by atoms with Crippen LogP contribution in [0.5, 0.6) is 0 Å². The van der Waals surface area contributed by atoms with E-state index >= 15 is 0 Å². The molecule has 9 aromatic rings. The number of para-hydroxylation sites is 3. The summed E-state index contributed by atoms with van der Waals surface area (Å²) in [5.74, 6) is -0.813. The molecule has 0 aliphatic rings. The zero-order chi connectivity index (χ0) is 41.0. The summed E-state index contributed by atoms with van der Waals surface area (Å²) in [6, 6.07) is 69.7. The van der Waals surface area contributed by atoms with Gasteiger partial charge in [0.1, 0.15) is 0 Å². The third-order valence-electron chi connectivity index (χ3n) is 10.8. The number of rotatable bonds is 10. The van der Waals surface area contributed by atoms with E-state index in [0.717, 1.165) is 77.9 Å². The van der Waals surface area contributed by atoms with E-state index in [-0.39, 0.29) is 0 Å². The molecule has 0 spiro atoms. The van der Waals surface area contributed by atoms with Crippen molar-refractivity contribution in [3.8, 4) is 22.3 Å². The van der Waals surface area contributed by atoms with Crippen molar-refractivity contribution in [1.29, 1.82) is 0 Å². The molecular weight excluding hydrogens is 741 g/mol. The molecule has 60 heavy (non-hydrogen) atoms. The van der Waals surface area contributed by atoms with E-state index in [1.165, 1.54) is 14.2 Å². The van der Waals surface area contributed by atoms with Crippen LogP contribution in [0.2, 0.25) is 0 Å². The van der Waals surface area contributed by atoms with E-state index in [0.29, 0.717) is 11.1 Å². The third-order valence-corrected chi connectivity index (χ3v) is 10.8. The summed E-state index contributed by atoms with van der Waals surface area (Å²) in [5, 5.41) is 3.94. The second-order valence-corrected chi connectivity index (χ2v) is 14.3. The first-order chi connectivity index (χ1) is 29.5. The number of esters is 2. The standard InChI is InChI=1S/C54H40N2O4/c1-59-53(57)39-19-14-17-37(35-39)50-46-27-12-13-28-47(46)51(38-18-15-20-40(36-38)54(58)60-2)52-48(50)29-16-30-49(52)56(43-25-10-5-11-26-43)45-33-31-44(32-34-45)55(41-21-6-3-7-22-41)42-23-8-4-9-24-42/h3-36H,1-2H3. The highest BCUT2D eigenvalue weighted by atomic mass is 16.5. The van der Waals surface area contributed by atoms with Crippen LogP contribution in [-0.4, -0.2) is 26.2 Å². The molecule has 0 unspecified atom stereocenters. The van der Waals surface area contributed by atoms with Gasteiger partial charge in [-0.25, -0.2) is 9.59 Å². The van der Waals surface area contributed by atoms with Gasteiger partial charge in [0.05, 0.1) is 31.0 Å². The Hall–Kier alpha value is -7.96. The van der Waals surface area contributed by atoms with E-state index in [9.17, 15) is 9.59 Å². The number of fused-ring (bicyclic) bond motifs is 2. The fourth-order valence-corrected chi connectivity index (χ4v) is 8.20. The molecule has 0 amide bonds. The summed E-state index contributed by atoms with van der Waals surface area (Å²) >= 11 is 0. The lowest BCUT2D eigenvalue weighted by molar-refractivity contribution is 0.0592. The number of carbonyl (C=O) groups excluding carboxylic acids is 2. The minimum atomic E-state index is -0.409. The maximum Gasteiger partial charge on any atom is 0.337 e. The van der Waals surface area contributed by atoms with Gasteiger partial charge in [0, 0.05) is 33.8 Å². The van der Waals surface area contributed by atoms with Gasteiger partial charge in [0.2, 0.25) is 0 Å². The Labute approximate surface area is 349 Å². The normalized spacial score (nSPS) is 11.0. The van der Waals surface area contributed by atoms with Gasteiger partial charge in [0.15, 0.2) is 0 Å². The predicted octanol–water partition coefficient (Wildman–Crippen LogP) is 13.8. The zero-order valence-corrected chi connectivity index (χ0v) is 33.2. The van der Waals surface area contributed by atoms with Crippen LogP contribution in [0.15, 0.2) is 206 Å². The monoisotopic (exact) mass is 780 g/mol. The largest absolute Gasteiger partial charge is 0.465 e. The van der Waals surface area contributed by atoms with Gasteiger partial charge in [-0.1, -0.05) is 115 Å². The van der Waals surface area contributed by atoms with Crippen LogP contribution in [0, 0.1) is 0 Å². The Bertz CT molecular complexity index is 2950. The molecule has 6 heteroatoms. The maximum absolute atomic E-state index is 13.0. The molecule has 0 bridgehead atoms. The Morgan fingerprint density at radius 1 is 0.367 bits per heavy atom. The fourth-order valence-electron chi connectivity index (χ4n) is 8.20. The van der Waals surface area contributed by atoms with E-state index in [1.54, 1.807) is 12.1 Å². The van der Waals surface area contributed by atoms with Crippen molar-refractivity contribution >= 4 is 67.6 Å². The lowest BCUT2D eigenvalue weighted by Gasteiger charge is -2.30. The lowest BCUT2D eigenvalue weighted by atomic mass is 9.84. The number of ether oxygens (including phenoxy) is 2. The number of anilines is 6. The molecule has 0 atom stereocenters. The molecule has 0 aromatic heterocycles. The van der Waals surface area contributed by atoms with E-state index in [4.69, 9.17) is 9.47 Å². The number of benzene rings is 9. The highest BCUT2D eigenvalue weighted by molar-refractivity contribution is 6.25. The van der Waals surface area contributed by atoms with Crippen LogP contribution in [0.25, 0.3) is 43.8 Å². The Morgan fingerprint density at radius 2 is 0.750 bits per heavy atom. The average molecular weight is 781 g/mol. The maximum atomic E-state index is 13.0. The van der Waals surface area contributed by atoms with E-state index in [2.05, 4.69) is 125 Å². The Morgan fingerprint density at radius 3 is 1.25 bits per heavy atom. The summed E-state index contributed by atoms with van der Waals surface area (Å²) in [6.45, 7) is 0. The number of methoxy groups -OCH3 is 2. The number of hydrogen-bond donors (Lipinski definition) is 0. The molecule has 9 rings (SSSR count). The summed E-state index contributed by atoms with van der Waals surface area (Å²) < 4.78 is 10.3. The highest BCUT2D eigenvalue weighted by Gasteiger charge is 2.24. The summed E-state index contributed by atoms with van der Waals surface area (Å²) in [6.07, 6.45) is 0. The summed E-state index contributed by atoms with van der Waals surface area (Å²) in [7, 11) is 2.80. The van der Waals surface area contributed by atoms with Crippen molar-refractivity contribution in [2.45, 2.75) is 0 Å². The molecule has 0 N–H and O–H groups in total. The number of hydrogen-bond acceptors (Lipinski definition) is 6. The SMILES string of the molecule is COC(=O)c1cccc(-c2c3ccccc3c(-c3cccc(C(=O)OC)c3)c3c(N(c4ccccc4)c4ccc(N(c5ccccc5)c5ccccc5)cc4)cccc23)c1. The molecule has 9 aromatic carbocycles. The quantitative estimate of drug-likeness (QED) is 0.102. The average Bonchev–Trinajstić information content (AvgIpc) is 3.32. The smallest absolute Gasteiger partial charge is 0.337 e. The first-order valence-corrected chi connectivity index (χ1v) is 19.7. The van der Waals surface area contributed by atoms with Crippen LogP contribution >= 0.6 is 0 Å². The van der Waals surface area contributed by atoms with Gasteiger partial charge in [0.25, 0.3) is 0 Å². The van der Waals surface area contributed by atoms with Crippen molar-refractivity contribution in [2.75, 3.05) is 24.0 Å². The van der Waals surface area contributed by atoms with Gasteiger partial charge in [-0.15, -0.1) is 0 Å². The van der Waals surface area contributed by atoms with Gasteiger partial charge in [-0.2, -0.15) is 0 Å². The Balaban J connectivity index is 1.34. The fraction of sp³-hybridized carbons (Fsp3) is 0.0370. The predicted molar refractivity (Wildman–Crippen MR) is 244 cm³/mol. The molecule has 0 aliphatic carbocycles. The Kier molecular flexibility index (Phi) is 10.3. The third kappa shape index (κ3) is 7.01. The number of nitrogens with zero attached hydrogens (tertiary/aromatic N) is 2. The van der Waals surface area contributed by atoms with Crippen LogP contribution in [0.1, 0.15) is 20.7 Å². The van der Waals surface area contributed by atoms with Crippen molar-refractivity contribution in [3.05, 3.63) is 217 Å². The summed E-state index contributed by atoms with van der Waals surface area (Å²) in [4.78, 5) is 30.4. The van der Waals surface area contributed by atoms with Crippen molar-refractivity contribution in [2.24, 2.45) is 0 Å². The molecule has 0 saturated carbocycles. The van der Waals surface area contributed by atoms with Crippen LogP contribution in [-0.2, 0) is 9.47 Å². The van der Waals surface area contributed by atoms with Gasteiger partial charge in [-0.05, 0) is 129 Å². The van der Waals surface area contributed by atoms with Crippen LogP contribution in [0.4, 0.5) is 34.1 Å². The number of carbonyl (C=O) groups is 2. The molecule has 0 saturated heterocycles. The first kappa shape index (κ1) is 37.6. The van der Waals surface area contributed by atoms with Gasteiger partial charge in [-0.3, -0.25) is 0 Å². The molecule has 0 heterocycles. The molecule has 290 valence electrons. The molecule has 0 fully saturated rings. The van der Waals surface area contributed by atoms with Crippen molar-refractivity contribution < 1.29 is 19.1 Å². The zero-order valence-electron chi connectivity index (χ0n) is 33.2. The summed E-state index contributed by atoms with van der Waals surface area (Å²) in [5.41, 5.74) is 10.6. The van der Waals surface area contributed by atoms with E-state index < -0.39 is 11.9 Å². The van der Waals surface area contributed by atoms with Crippen molar-refractivity contribution in [1.82, 2.24) is 0 Å². The van der Waals surface area contributed by atoms with Crippen LogP contribution < -0.4 is 9.80 Å². The molecule has 0 aliphatic heterocycles. The minimum absolute atomic E-state index is 0.404. The second-order valence-electron chi connectivity index (χ2n) is 14.3. The highest BCUT2D eigenvalue weighted by Crippen LogP contribution is 2.50. The van der Waals surface area contributed by atoms with Crippen LogP contribution in [0.3, 0.4) is 0 Å². The lowest BCUT2D eigenvalue weighted by Crippen LogP contribution is -2.12. The topological polar surface area (TPSA) is 59.1 Å². The second kappa shape index (κ2) is 16.5. The van der Waals surface area contributed by atoms with E-state index in [1.807, 2.05) is 78.9 Å². The molecular formula is C54H40N2O4. The first-order valence-electron chi connectivity index (χ1n) is 19.7. The van der Waals surface area contributed by atoms with Crippen molar-refractivity contribution in [3.63, 3.8) is 0 Å². The molecule has 0 radical (unpaired) electrons.